The molecule has 0 saturated carbocycles. The molecule has 32 heavy (non-hydrogen) atoms. The number of carbonyl (C=O) groups excluding carboxylic acids is 4. The molecular formula is C24H20N2O6. The molecule has 1 aliphatic rings. The summed E-state index contributed by atoms with van der Waals surface area (Å²) in [6, 6.07) is 16.8. The molecule has 8 heteroatoms. The minimum Gasteiger partial charge on any atom is -0.467 e. The number of hydrogen-bond acceptors (Lipinski definition) is 6. The first-order valence-electron chi connectivity index (χ1n) is 9.99. The molecule has 8 nitrogen and oxygen atoms in total. The van der Waals surface area contributed by atoms with Crippen LogP contribution in [0.1, 0.15) is 49.3 Å². The van der Waals surface area contributed by atoms with Gasteiger partial charge >= 0.3 is 5.97 Å². The molecule has 0 radical (unpaired) electrons. The summed E-state index contributed by atoms with van der Waals surface area (Å²) in [5.41, 5.74) is 1.30. The van der Waals surface area contributed by atoms with Gasteiger partial charge in [0.25, 0.3) is 17.7 Å². The van der Waals surface area contributed by atoms with Crippen molar-refractivity contribution in [1.29, 1.82) is 0 Å². The first-order valence-corrected chi connectivity index (χ1v) is 9.99. The molecule has 2 heterocycles. The highest BCUT2D eigenvalue weighted by Crippen LogP contribution is 2.26. The van der Waals surface area contributed by atoms with Gasteiger partial charge in [-0.15, -0.1) is 0 Å². The number of benzene rings is 2. The fourth-order valence-corrected chi connectivity index (χ4v) is 3.33. The molecular weight excluding hydrogens is 412 g/mol. The van der Waals surface area contributed by atoms with Crippen LogP contribution in [0.15, 0.2) is 71.3 Å². The Bertz CT molecular complexity index is 1170. The van der Waals surface area contributed by atoms with E-state index < -0.39 is 29.8 Å². The van der Waals surface area contributed by atoms with Crippen LogP contribution in [-0.4, -0.2) is 34.7 Å². The van der Waals surface area contributed by atoms with Crippen LogP contribution in [0, 0.1) is 0 Å². The summed E-state index contributed by atoms with van der Waals surface area (Å²) in [6.45, 7) is 1.77. The first kappa shape index (κ1) is 21.0. The average Bonchev–Trinajstić information content (AvgIpc) is 3.41. The predicted octanol–water partition coefficient (Wildman–Crippen LogP) is 2.94. The van der Waals surface area contributed by atoms with Crippen molar-refractivity contribution in [2.45, 2.75) is 26.1 Å². The zero-order valence-electron chi connectivity index (χ0n) is 17.2. The van der Waals surface area contributed by atoms with E-state index in [1.54, 1.807) is 12.1 Å². The van der Waals surface area contributed by atoms with Crippen LogP contribution in [0.3, 0.4) is 0 Å². The molecule has 3 aromatic rings. The van der Waals surface area contributed by atoms with Gasteiger partial charge in [0, 0.05) is 6.54 Å². The Labute approximate surface area is 183 Å². The summed E-state index contributed by atoms with van der Waals surface area (Å²) in [6.07, 6.45) is 0.422. The second-order valence-electron chi connectivity index (χ2n) is 7.29. The van der Waals surface area contributed by atoms with Crippen molar-refractivity contribution in [3.8, 4) is 0 Å². The predicted molar refractivity (Wildman–Crippen MR) is 113 cm³/mol. The molecule has 0 fully saturated rings. The number of rotatable bonds is 7. The Balaban J connectivity index is 1.40. The van der Waals surface area contributed by atoms with Crippen molar-refractivity contribution in [2.24, 2.45) is 0 Å². The molecule has 3 amide bonds. The van der Waals surface area contributed by atoms with E-state index in [-0.39, 0.29) is 23.2 Å². The number of carbonyl (C=O) groups is 4. The van der Waals surface area contributed by atoms with Crippen LogP contribution in [0.2, 0.25) is 0 Å². The third-order valence-electron chi connectivity index (χ3n) is 5.06. The Morgan fingerprint density at radius 1 is 1.00 bits per heavy atom. The second-order valence-corrected chi connectivity index (χ2v) is 7.29. The van der Waals surface area contributed by atoms with E-state index in [0.717, 1.165) is 10.5 Å². The van der Waals surface area contributed by atoms with Gasteiger partial charge in [-0.2, -0.15) is 0 Å². The van der Waals surface area contributed by atoms with Crippen LogP contribution in [0.5, 0.6) is 0 Å². The summed E-state index contributed by atoms with van der Waals surface area (Å²) < 4.78 is 10.5. The van der Waals surface area contributed by atoms with Gasteiger partial charge < -0.3 is 14.5 Å². The van der Waals surface area contributed by atoms with Crippen molar-refractivity contribution >= 4 is 23.7 Å². The number of amides is 3. The number of ether oxygens (including phenoxy) is 1. The van der Waals surface area contributed by atoms with Gasteiger partial charge in [0.1, 0.15) is 5.76 Å². The van der Waals surface area contributed by atoms with Gasteiger partial charge in [0.2, 0.25) is 0 Å². The molecule has 0 aliphatic carbocycles. The van der Waals surface area contributed by atoms with Crippen LogP contribution in [0.25, 0.3) is 0 Å². The maximum absolute atomic E-state index is 12.7. The van der Waals surface area contributed by atoms with E-state index in [2.05, 4.69) is 5.32 Å². The van der Waals surface area contributed by atoms with Crippen molar-refractivity contribution < 1.29 is 28.3 Å². The molecule has 4 rings (SSSR count). The summed E-state index contributed by atoms with van der Waals surface area (Å²) >= 11 is 0. The van der Waals surface area contributed by atoms with Gasteiger partial charge in [0.05, 0.1) is 29.5 Å². The molecule has 0 spiro atoms. The van der Waals surface area contributed by atoms with E-state index in [4.69, 9.17) is 9.15 Å². The summed E-state index contributed by atoms with van der Waals surface area (Å²) in [7, 11) is 0. The number of nitrogens with one attached hydrogen (secondary N) is 1. The van der Waals surface area contributed by atoms with Gasteiger partial charge in [-0.25, -0.2) is 4.79 Å². The zero-order valence-corrected chi connectivity index (χ0v) is 17.2. The number of imide groups is 1. The number of esters is 1. The fourth-order valence-electron chi connectivity index (χ4n) is 3.33. The highest BCUT2D eigenvalue weighted by molar-refractivity contribution is 6.21. The van der Waals surface area contributed by atoms with E-state index in [1.807, 2.05) is 30.3 Å². The quantitative estimate of drug-likeness (QED) is 0.455. The lowest BCUT2D eigenvalue weighted by atomic mass is 10.1. The van der Waals surface area contributed by atoms with Crippen LogP contribution < -0.4 is 5.32 Å². The second kappa shape index (κ2) is 8.89. The smallest absolute Gasteiger partial charge is 0.338 e. The fraction of sp³-hybridized carbons (Fsp3) is 0.167. The van der Waals surface area contributed by atoms with Crippen molar-refractivity contribution in [1.82, 2.24) is 10.2 Å². The molecule has 162 valence electrons. The molecule has 1 aromatic heterocycles. The third kappa shape index (κ3) is 4.29. The summed E-state index contributed by atoms with van der Waals surface area (Å²) in [5, 5.41) is 2.71. The molecule has 0 saturated heterocycles. The monoisotopic (exact) mass is 432 g/mol. The van der Waals surface area contributed by atoms with E-state index in [9.17, 15) is 19.2 Å². The standard InChI is InChI=1S/C24H20N2O6/c1-15(21(27)25-13-16-6-3-2-4-7-16)32-24(30)17-9-10-19-20(12-17)23(29)26(22(19)28)14-18-8-5-11-31-18/h2-12,15H,13-14H2,1H3,(H,25,27). The normalized spacial score (nSPS) is 13.6. The lowest BCUT2D eigenvalue weighted by Gasteiger charge is -2.14. The number of fused-ring (bicyclic) bond motifs is 1. The number of furan rings is 1. The van der Waals surface area contributed by atoms with Crippen LogP contribution >= 0.6 is 0 Å². The number of hydrogen-bond donors (Lipinski definition) is 1. The molecule has 1 aliphatic heterocycles. The average molecular weight is 432 g/mol. The molecule has 1 unspecified atom stereocenters. The maximum atomic E-state index is 12.7. The lowest BCUT2D eigenvalue weighted by Crippen LogP contribution is -2.35. The molecule has 0 bridgehead atoms. The van der Waals surface area contributed by atoms with Crippen molar-refractivity contribution in [3.05, 3.63) is 94.9 Å². The highest BCUT2D eigenvalue weighted by atomic mass is 16.5. The van der Waals surface area contributed by atoms with Crippen LogP contribution in [0.4, 0.5) is 0 Å². The molecule has 1 N–H and O–H groups in total. The maximum Gasteiger partial charge on any atom is 0.338 e. The highest BCUT2D eigenvalue weighted by Gasteiger charge is 2.36. The topological polar surface area (TPSA) is 106 Å². The van der Waals surface area contributed by atoms with E-state index in [0.29, 0.717) is 12.3 Å². The Kier molecular flexibility index (Phi) is 5.85. The summed E-state index contributed by atoms with van der Waals surface area (Å²) in [5.74, 6) is -1.73. The minimum absolute atomic E-state index is 0.00224. The van der Waals surface area contributed by atoms with Gasteiger partial charge in [-0.1, -0.05) is 30.3 Å². The third-order valence-corrected chi connectivity index (χ3v) is 5.06. The van der Waals surface area contributed by atoms with Crippen molar-refractivity contribution in [3.63, 3.8) is 0 Å². The number of nitrogens with zero attached hydrogens (tertiary/aromatic N) is 1. The van der Waals surface area contributed by atoms with E-state index >= 15 is 0 Å². The van der Waals surface area contributed by atoms with Crippen molar-refractivity contribution in [2.75, 3.05) is 0 Å². The lowest BCUT2D eigenvalue weighted by molar-refractivity contribution is -0.129. The zero-order chi connectivity index (χ0) is 22.7. The molecule has 1 atom stereocenters. The van der Waals surface area contributed by atoms with Gasteiger partial charge in [0.15, 0.2) is 6.10 Å². The minimum atomic E-state index is -1.03. The summed E-state index contributed by atoms with van der Waals surface area (Å²) in [4.78, 5) is 51.1. The van der Waals surface area contributed by atoms with E-state index in [1.165, 1.54) is 31.4 Å². The Morgan fingerprint density at radius 2 is 1.75 bits per heavy atom. The Hall–Kier alpha value is -4.20. The molecule has 2 aromatic carbocycles. The Morgan fingerprint density at radius 3 is 2.47 bits per heavy atom. The SMILES string of the molecule is CC(OC(=O)c1ccc2c(c1)C(=O)N(Cc1ccco1)C2=O)C(=O)NCc1ccccc1. The first-order chi connectivity index (χ1) is 15.4. The van der Waals surface area contributed by atoms with Gasteiger partial charge in [-0.3, -0.25) is 19.3 Å². The van der Waals surface area contributed by atoms with Crippen LogP contribution in [-0.2, 0) is 22.6 Å². The van der Waals surface area contributed by atoms with Gasteiger partial charge in [-0.05, 0) is 42.8 Å². The largest absolute Gasteiger partial charge is 0.467 e.